The Balaban J connectivity index is 2.31. The molecule has 1 aliphatic rings. The Hall–Kier alpha value is -1.44. The van der Waals surface area contributed by atoms with E-state index in [9.17, 15) is 13.2 Å². The highest BCUT2D eigenvalue weighted by molar-refractivity contribution is 7.89. The highest BCUT2D eigenvalue weighted by Gasteiger charge is 2.26. The van der Waals surface area contributed by atoms with Crippen LogP contribution in [0.5, 0.6) is 0 Å². The molecule has 0 aromatic heterocycles. The number of methoxy groups -OCH3 is 1. The van der Waals surface area contributed by atoms with Crippen molar-refractivity contribution >= 4 is 16.0 Å². The highest BCUT2D eigenvalue weighted by atomic mass is 32.2. The molecule has 1 aromatic carbocycles. The maximum Gasteiger partial charge on any atom is 0.339 e. The third-order valence-electron chi connectivity index (χ3n) is 2.96. The van der Waals surface area contributed by atoms with Crippen molar-refractivity contribution in [3.63, 3.8) is 0 Å². The van der Waals surface area contributed by atoms with Gasteiger partial charge in [0.2, 0.25) is 10.0 Å². The smallest absolute Gasteiger partial charge is 0.339 e. The Bertz CT molecular complexity index is 565. The zero-order chi connectivity index (χ0) is 13.9. The molecule has 0 spiro atoms. The van der Waals surface area contributed by atoms with Gasteiger partial charge >= 0.3 is 5.97 Å². The molecule has 0 bridgehead atoms. The lowest BCUT2D eigenvalue weighted by Gasteiger charge is -2.14. The van der Waals surface area contributed by atoms with Crippen molar-refractivity contribution in [2.75, 3.05) is 20.2 Å². The summed E-state index contributed by atoms with van der Waals surface area (Å²) in [5, 5.41) is 3.08. The fourth-order valence-corrected chi connectivity index (χ4v) is 3.48. The number of carbonyl (C=O) groups is 1. The summed E-state index contributed by atoms with van der Waals surface area (Å²) in [5.74, 6) is -0.662. The SMILES string of the molecule is COC(=O)c1ccccc1S(=O)(=O)NC1CCNC1. The van der Waals surface area contributed by atoms with Gasteiger partial charge in [-0.3, -0.25) is 0 Å². The van der Waals surface area contributed by atoms with Gasteiger partial charge in [0.1, 0.15) is 0 Å². The van der Waals surface area contributed by atoms with E-state index in [0.29, 0.717) is 6.54 Å². The van der Waals surface area contributed by atoms with Gasteiger partial charge in [-0.15, -0.1) is 0 Å². The van der Waals surface area contributed by atoms with Crippen molar-refractivity contribution in [1.82, 2.24) is 10.0 Å². The number of sulfonamides is 1. The lowest BCUT2D eigenvalue weighted by molar-refractivity contribution is 0.0596. The zero-order valence-corrected chi connectivity index (χ0v) is 11.4. The van der Waals surface area contributed by atoms with Gasteiger partial charge in [-0.1, -0.05) is 12.1 Å². The summed E-state index contributed by atoms with van der Waals surface area (Å²) in [6, 6.07) is 5.87. The van der Waals surface area contributed by atoms with Crippen LogP contribution >= 0.6 is 0 Å². The van der Waals surface area contributed by atoms with Crippen molar-refractivity contribution in [1.29, 1.82) is 0 Å². The Morgan fingerprint density at radius 3 is 2.79 bits per heavy atom. The van der Waals surface area contributed by atoms with Crippen LogP contribution < -0.4 is 10.0 Å². The quantitative estimate of drug-likeness (QED) is 0.767. The second kappa shape index (κ2) is 5.68. The van der Waals surface area contributed by atoms with Crippen LogP contribution in [0.4, 0.5) is 0 Å². The van der Waals surface area contributed by atoms with E-state index in [0.717, 1.165) is 13.0 Å². The van der Waals surface area contributed by atoms with E-state index in [-0.39, 0.29) is 16.5 Å². The predicted molar refractivity (Wildman–Crippen MR) is 69.4 cm³/mol. The number of hydrogen-bond donors (Lipinski definition) is 2. The number of nitrogens with one attached hydrogen (secondary N) is 2. The first-order chi connectivity index (χ1) is 9.04. The van der Waals surface area contributed by atoms with E-state index in [1.807, 2.05) is 0 Å². The molecule has 0 aliphatic carbocycles. The Morgan fingerprint density at radius 1 is 1.42 bits per heavy atom. The van der Waals surface area contributed by atoms with Crippen LogP contribution in [0.2, 0.25) is 0 Å². The number of benzene rings is 1. The molecule has 0 amide bonds. The second-order valence-electron chi connectivity index (χ2n) is 4.30. The molecular weight excluding hydrogens is 268 g/mol. The first kappa shape index (κ1) is 14.0. The Kier molecular flexibility index (Phi) is 4.18. The van der Waals surface area contributed by atoms with Crippen molar-refractivity contribution in [2.24, 2.45) is 0 Å². The monoisotopic (exact) mass is 284 g/mol. The first-order valence-corrected chi connectivity index (χ1v) is 7.43. The van der Waals surface area contributed by atoms with E-state index in [2.05, 4.69) is 14.8 Å². The van der Waals surface area contributed by atoms with E-state index in [1.165, 1.54) is 19.2 Å². The third-order valence-corrected chi connectivity index (χ3v) is 4.54. The third kappa shape index (κ3) is 3.12. The lowest BCUT2D eigenvalue weighted by Crippen LogP contribution is -2.36. The van der Waals surface area contributed by atoms with E-state index in [1.54, 1.807) is 12.1 Å². The molecular formula is C12H16N2O4S. The first-order valence-electron chi connectivity index (χ1n) is 5.95. The maximum absolute atomic E-state index is 12.3. The van der Waals surface area contributed by atoms with Crippen molar-refractivity contribution in [3.8, 4) is 0 Å². The van der Waals surface area contributed by atoms with Gasteiger partial charge in [0.05, 0.1) is 17.6 Å². The minimum atomic E-state index is -3.72. The van der Waals surface area contributed by atoms with Crippen LogP contribution in [-0.2, 0) is 14.8 Å². The van der Waals surface area contributed by atoms with Gasteiger partial charge in [0.15, 0.2) is 0 Å². The standard InChI is InChI=1S/C12H16N2O4S/c1-18-12(15)10-4-2-3-5-11(10)19(16,17)14-9-6-7-13-8-9/h2-5,9,13-14H,6-8H2,1H3. The average Bonchev–Trinajstić information content (AvgIpc) is 2.90. The fourth-order valence-electron chi connectivity index (χ4n) is 2.02. The van der Waals surface area contributed by atoms with Crippen LogP contribution in [0.3, 0.4) is 0 Å². The molecule has 0 radical (unpaired) electrons. The molecule has 1 unspecified atom stereocenters. The van der Waals surface area contributed by atoms with Crippen LogP contribution in [0, 0.1) is 0 Å². The molecule has 1 aromatic rings. The maximum atomic E-state index is 12.3. The summed E-state index contributed by atoms with van der Waals surface area (Å²) in [7, 11) is -2.50. The van der Waals surface area contributed by atoms with E-state index in [4.69, 9.17) is 0 Å². The van der Waals surface area contributed by atoms with Crippen LogP contribution in [0.25, 0.3) is 0 Å². The van der Waals surface area contributed by atoms with Crippen molar-refractivity contribution in [3.05, 3.63) is 29.8 Å². The summed E-state index contributed by atoms with van der Waals surface area (Å²) in [6.07, 6.45) is 0.736. The minimum Gasteiger partial charge on any atom is -0.465 e. The summed E-state index contributed by atoms with van der Waals surface area (Å²) >= 11 is 0. The molecule has 0 saturated carbocycles. The highest BCUT2D eigenvalue weighted by Crippen LogP contribution is 2.17. The zero-order valence-electron chi connectivity index (χ0n) is 10.5. The normalized spacial score (nSPS) is 19.3. The van der Waals surface area contributed by atoms with Crippen LogP contribution in [0.15, 0.2) is 29.2 Å². The molecule has 1 aliphatic heterocycles. The molecule has 19 heavy (non-hydrogen) atoms. The summed E-state index contributed by atoms with van der Waals surface area (Å²) in [6.45, 7) is 1.38. The number of rotatable bonds is 4. The average molecular weight is 284 g/mol. The molecule has 1 saturated heterocycles. The molecule has 1 fully saturated rings. The van der Waals surface area contributed by atoms with E-state index < -0.39 is 16.0 Å². The minimum absolute atomic E-state index is 0.0449. The Labute approximate surface area is 112 Å². The van der Waals surface area contributed by atoms with Gasteiger partial charge in [0.25, 0.3) is 0 Å². The molecule has 2 rings (SSSR count). The molecule has 6 nitrogen and oxygen atoms in total. The second-order valence-corrected chi connectivity index (χ2v) is 5.98. The molecule has 7 heteroatoms. The van der Waals surface area contributed by atoms with Crippen molar-refractivity contribution < 1.29 is 17.9 Å². The predicted octanol–water partition coefficient (Wildman–Crippen LogP) is 0.113. The van der Waals surface area contributed by atoms with Crippen LogP contribution in [-0.4, -0.2) is 40.6 Å². The fraction of sp³-hybridized carbons (Fsp3) is 0.417. The van der Waals surface area contributed by atoms with Gasteiger partial charge in [-0.05, 0) is 25.1 Å². The molecule has 2 N–H and O–H groups in total. The van der Waals surface area contributed by atoms with Gasteiger partial charge < -0.3 is 10.1 Å². The summed E-state index contributed by atoms with van der Waals surface area (Å²) in [5.41, 5.74) is 0.0449. The number of carbonyl (C=O) groups excluding carboxylic acids is 1. The number of esters is 1. The largest absolute Gasteiger partial charge is 0.465 e. The van der Waals surface area contributed by atoms with Gasteiger partial charge in [0, 0.05) is 12.6 Å². The lowest BCUT2D eigenvalue weighted by atomic mass is 10.2. The Morgan fingerprint density at radius 2 is 2.16 bits per heavy atom. The van der Waals surface area contributed by atoms with Gasteiger partial charge in [-0.2, -0.15) is 0 Å². The molecule has 1 heterocycles. The number of hydrogen-bond acceptors (Lipinski definition) is 5. The van der Waals surface area contributed by atoms with E-state index >= 15 is 0 Å². The molecule has 104 valence electrons. The topological polar surface area (TPSA) is 84.5 Å². The van der Waals surface area contributed by atoms with Crippen molar-refractivity contribution in [2.45, 2.75) is 17.4 Å². The molecule has 1 atom stereocenters. The van der Waals surface area contributed by atoms with Crippen LogP contribution in [0.1, 0.15) is 16.8 Å². The van der Waals surface area contributed by atoms with Gasteiger partial charge in [-0.25, -0.2) is 17.9 Å². The number of ether oxygens (including phenoxy) is 1. The summed E-state index contributed by atoms with van der Waals surface area (Å²) in [4.78, 5) is 11.5. The summed E-state index contributed by atoms with van der Waals surface area (Å²) < 4.78 is 31.8.